The van der Waals surface area contributed by atoms with E-state index in [0.29, 0.717) is 47.8 Å². The molecule has 0 unspecified atom stereocenters. The molecule has 1 saturated heterocycles. The van der Waals surface area contributed by atoms with Crippen LogP contribution in [0.25, 0.3) is 10.4 Å². The number of hydrogen-bond donors (Lipinski definition) is 3. The number of para-hydroxylation sites is 1. The number of carbonyl (C=O) groups excluding carboxylic acids is 2. The van der Waals surface area contributed by atoms with Gasteiger partial charge in [-0.1, -0.05) is 47.2 Å². The van der Waals surface area contributed by atoms with Crippen LogP contribution in [0.3, 0.4) is 0 Å². The van der Waals surface area contributed by atoms with Crippen LogP contribution in [0.5, 0.6) is 5.75 Å². The lowest BCUT2D eigenvalue weighted by atomic mass is 10.1. The van der Waals surface area contributed by atoms with E-state index in [2.05, 4.69) is 15.6 Å². The number of carbonyl (C=O) groups is 2. The third-order valence-corrected chi connectivity index (χ3v) is 7.94. The van der Waals surface area contributed by atoms with Crippen molar-refractivity contribution in [2.24, 2.45) is 5.92 Å². The summed E-state index contributed by atoms with van der Waals surface area (Å²) >= 11 is 1.34. The highest BCUT2D eigenvalue weighted by Gasteiger charge is 2.54. The molecule has 4 N–H and O–H groups in total. The summed E-state index contributed by atoms with van der Waals surface area (Å²) in [7, 11) is 0. The fourth-order valence-electron chi connectivity index (χ4n) is 5.31. The van der Waals surface area contributed by atoms with E-state index in [1.807, 2.05) is 48.2 Å². The zero-order valence-electron chi connectivity index (χ0n) is 19.4. The zero-order valence-corrected chi connectivity index (χ0v) is 20.2. The minimum absolute atomic E-state index is 0.0766. The number of hydrogen-bond acceptors (Lipinski definition) is 7. The van der Waals surface area contributed by atoms with Crippen LogP contribution < -0.4 is 21.1 Å². The van der Waals surface area contributed by atoms with Gasteiger partial charge in [-0.25, -0.2) is 4.98 Å². The van der Waals surface area contributed by atoms with Gasteiger partial charge in [0.2, 0.25) is 0 Å². The van der Waals surface area contributed by atoms with E-state index in [1.165, 1.54) is 11.3 Å². The number of likely N-dealkylation sites (tertiary alicyclic amines) is 1. The standard InChI is InChI=1S/C26H27N5O3S/c1-14-4-2-5-15(10-14)23-22(30-26(27)35-23)25(33)31-17(11-16-12-19(16)31)13-29-24(32)18-6-3-7-20-21(18)28-8-9-34-20/h2-7,10,16-17,19,28H,8-9,11-13H2,1H3,(H2,27,30)(H,29,32)/t16-,17+,19+/m1/s1. The number of nitrogens with two attached hydrogens (primary N) is 1. The molecule has 3 aromatic rings. The van der Waals surface area contributed by atoms with E-state index in [0.717, 1.165) is 34.5 Å². The molecule has 2 amide bonds. The van der Waals surface area contributed by atoms with E-state index < -0.39 is 0 Å². The first-order valence-electron chi connectivity index (χ1n) is 11.9. The second-order valence-corrected chi connectivity index (χ2v) is 10.5. The summed E-state index contributed by atoms with van der Waals surface area (Å²) in [6.07, 6.45) is 1.88. The smallest absolute Gasteiger partial charge is 0.274 e. The van der Waals surface area contributed by atoms with Crippen LogP contribution in [-0.4, -0.2) is 53.5 Å². The van der Waals surface area contributed by atoms with Crippen LogP contribution in [0.1, 0.15) is 39.3 Å². The predicted molar refractivity (Wildman–Crippen MR) is 136 cm³/mol. The minimum Gasteiger partial charge on any atom is -0.490 e. The average molecular weight is 490 g/mol. The lowest BCUT2D eigenvalue weighted by molar-refractivity contribution is 0.0685. The van der Waals surface area contributed by atoms with Gasteiger partial charge in [-0.15, -0.1) is 0 Å². The molecule has 0 bridgehead atoms. The maximum Gasteiger partial charge on any atom is 0.274 e. The molecule has 3 atom stereocenters. The van der Waals surface area contributed by atoms with Gasteiger partial charge >= 0.3 is 0 Å². The van der Waals surface area contributed by atoms with Crippen molar-refractivity contribution in [1.82, 2.24) is 15.2 Å². The molecular weight excluding hydrogens is 462 g/mol. The largest absolute Gasteiger partial charge is 0.490 e. The van der Waals surface area contributed by atoms with Crippen molar-refractivity contribution in [2.75, 3.05) is 30.7 Å². The Balaban J connectivity index is 1.22. The van der Waals surface area contributed by atoms with Crippen molar-refractivity contribution in [2.45, 2.75) is 31.8 Å². The molecule has 2 aromatic carbocycles. The summed E-state index contributed by atoms with van der Waals surface area (Å²) < 4.78 is 5.66. The summed E-state index contributed by atoms with van der Waals surface area (Å²) in [5.74, 6) is 0.892. The molecule has 1 saturated carbocycles. The summed E-state index contributed by atoms with van der Waals surface area (Å²) in [5.41, 5.74) is 9.79. The maximum absolute atomic E-state index is 13.8. The van der Waals surface area contributed by atoms with Crippen LogP contribution in [0.2, 0.25) is 0 Å². The Morgan fingerprint density at radius 2 is 2.11 bits per heavy atom. The number of piperidine rings is 1. The number of ether oxygens (including phenoxy) is 1. The van der Waals surface area contributed by atoms with Crippen molar-refractivity contribution in [3.63, 3.8) is 0 Å². The summed E-state index contributed by atoms with van der Waals surface area (Å²) in [6, 6.07) is 13.6. The lowest BCUT2D eigenvalue weighted by Gasteiger charge is -2.28. The van der Waals surface area contributed by atoms with E-state index in [1.54, 1.807) is 6.07 Å². The van der Waals surface area contributed by atoms with Crippen molar-refractivity contribution >= 4 is 34.0 Å². The lowest BCUT2D eigenvalue weighted by Crippen LogP contribution is -2.45. The number of rotatable bonds is 5. The molecule has 0 spiro atoms. The van der Waals surface area contributed by atoms with Crippen molar-refractivity contribution < 1.29 is 14.3 Å². The van der Waals surface area contributed by atoms with Gasteiger partial charge in [0.05, 0.1) is 22.2 Å². The van der Waals surface area contributed by atoms with Crippen molar-refractivity contribution in [1.29, 1.82) is 0 Å². The summed E-state index contributed by atoms with van der Waals surface area (Å²) in [4.78, 5) is 34.0. The van der Waals surface area contributed by atoms with Gasteiger partial charge in [0.15, 0.2) is 5.13 Å². The average Bonchev–Trinajstić information content (AvgIpc) is 3.35. The Hall–Kier alpha value is -3.59. The fraction of sp³-hybridized carbons (Fsp3) is 0.346. The molecule has 3 heterocycles. The Kier molecular flexibility index (Phi) is 5.36. The fourth-order valence-corrected chi connectivity index (χ4v) is 6.13. The molecule has 6 rings (SSSR count). The molecule has 0 radical (unpaired) electrons. The highest BCUT2D eigenvalue weighted by Crippen LogP contribution is 2.49. The van der Waals surface area contributed by atoms with Crippen molar-refractivity contribution in [3.8, 4) is 16.2 Å². The Labute approximate surface area is 207 Å². The molecule has 9 heteroatoms. The number of nitrogens with zero attached hydrogens (tertiary/aromatic N) is 2. The van der Waals surface area contributed by atoms with Crippen molar-refractivity contribution in [3.05, 3.63) is 59.3 Å². The quantitative estimate of drug-likeness (QED) is 0.506. The molecule has 1 aromatic heterocycles. The predicted octanol–water partition coefficient (Wildman–Crippen LogP) is 3.54. The van der Waals surface area contributed by atoms with Gasteiger partial charge in [-0.05, 0) is 43.4 Å². The number of fused-ring (bicyclic) bond motifs is 2. The topological polar surface area (TPSA) is 110 Å². The van der Waals surface area contributed by atoms with Crippen LogP contribution in [0, 0.1) is 12.8 Å². The Morgan fingerprint density at radius 3 is 2.97 bits per heavy atom. The molecule has 2 fully saturated rings. The third kappa shape index (κ3) is 3.99. The molecule has 180 valence electrons. The number of thiazole rings is 1. The second-order valence-electron chi connectivity index (χ2n) is 9.43. The van der Waals surface area contributed by atoms with Gasteiger partial charge < -0.3 is 26.0 Å². The normalized spacial score (nSPS) is 22.0. The number of amides is 2. The maximum atomic E-state index is 13.8. The number of aryl methyl sites for hydroxylation is 1. The molecular formula is C26H27N5O3S. The van der Waals surface area contributed by atoms with Crippen LogP contribution in [0.15, 0.2) is 42.5 Å². The number of benzene rings is 2. The molecule has 35 heavy (non-hydrogen) atoms. The van der Waals surface area contributed by atoms with Crippen LogP contribution >= 0.6 is 11.3 Å². The first kappa shape index (κ1) is 21.9. The third-order valence-electron chi connectivity index (χ3n) is 7.00. The Bertz CT molecular complexity index is 1320. The first-order valence-corrected chi connectivity index (χ1v) is 12.7. The zero-order chi connectivity index (χ0) is 24.1. The van der Waals surface area contributed by atoms with E-state index >= 15 is 0 Å². The van der Waals surface area contributed by atoms with Gasteiger partial charge in [0.25, 0.3) is 11.8 Å². The number of anilines is 2. The van der Waals surface area contributed by atoms with E-state index in [4.69, 9.17) is 10.5 Å². The minimum atomic E-state index is -0.175. The van der Waals surface area contributed by atoms with E-state index in [9.17, 15) is 9.59 Å². The molecule has 8 nitrogen and oxygen atoms in total. The Morgan fingerprint density at radius 1 is 1.26 bits per heavy atom. The molecule has 3 aliphatic rings. The molecule has 2 aliphatic heterocycles. The van der Waals surface area contributed by atoms with Gasteiger partial charge in [-0.2, -0.15) is 0 Å². The van der Waals surface area contributed by atoms with E-state index in [-0.39, 0.29) is 23.9 Å². The summed E-state index contributed by atoms with van der Waals surface area (Å²) in [5, 5.41) is 6.70. The molecule has 1 aliphatic carbocycles. The van der Waals surface area contributed by atoms with Gasteiger partial charge in [-0.3, -0.25) is 9.59 Å². The van der Waals surface area contributed by atoms with Crippen LogP contribution in [0.4, 0.5) is 10.8 Å². The van der Waals surface area contributed by atoms with Crippen LogP contribution in [-0.2, 0) is 0 Å². The first-order chi connectivity index (χ1) is 17.0. The second kappa shape index (κ2) is 8.57. The highest BCUT2D eigenvalue weighted by atomic mass is 32.1. The summed E-state index contributed by atoms with van der Waals surface area (Å²) in [6.45, 7) is 3.65. The number of aromatic nitrogens is 1. The number of nitrogens with one attached hydrogen (secondary N) is 2. The number of nitrogen functional groups attached to an aromatic ring is 1. The monoisotopic (exact) mass is 489 g/mol. The van der Waals surface area contributed by atoms with Gasteiger partial charge in [0.1, 0.15) is 18.1 Å². The van der Waals surface area contributed by atoms with Gasteiger partial charge in [0, 0.05) is 19.1 Å². The SMILES string of the molecule is Cc1cccc(-c2sc(N)nc2C(=O)N2[C@H](CNC(=O)c3cccc4c3NCCO4)C[C@@H]3C[C@@H]32)c1. The highest BCUT2D eigenvalue weighted by molar-refractivity contribution is 7.19.